The Morgan fingerprint density at radius 2 is 1.73 bits per heavy atom. The molecule has 8 heteroatoms. The third kappa shape index (κ3) is 4.89. The SMILES string of the molecule is CCOC(=O)c1c(C)nn(-c2nc(C)cc(C)n2)c1NC(=O)CCc1ccccc1. The summed E-state index contributed by atoms with van der Waals surface area (Å²) in [6.45, 7) is 7.32. The number of aryl methyl sites for hydroxylation is 4. The molecule has 0 bridgehead atoms. The molecule has 30 heavy (non-hydrogen) atoms. The van der Waals surface area contributed by atoms with Gasteiger partial charge in [0.1, 0.15) is 5.56 Å². The van der Waals surface area contributed by atoms with Gasteiger partial charge in [0.2, 0.25) is 5.91 Å². The van der Waals surface area contributed by atoms with Gasteiger partial charge >= 0.3 is 5.97 Å². The Bertz CT molecular complexity index is 1040. The number of anilines is 1. The van der Waals surface area contributed by atoms with E-state index in [-0.39, 0.29) is 36.3 Å². The van der Waals surface area contributed by atoms with E-state index in [1.165, 1.54) is 4.68 Å². The molecule has 2 aromatic heterocycles. The van der Waals surface area contributed by atoms with Crippen LogP contribution in [0.2, 0.25) is 0 Å². The van der Waals surface area contributed by atoms with E-state index in [2.05, 4.69) is 20.4 Å². The van der Waals surface area contributed by atoms with E-state index in [0.717, 1.165) is 17.0 Å². The summed E-state index contributed by atoms with van der Waals surface area (Å²) < 4.78 is 6.56. The molecule has 0 unspecified atom stereocenters. The van der Waals surface area contributed by atoms with Crippen LogP contribution in [-0.2, 0) is 16.0 Å². The van der Waals surface area contributed by atoms with Crippen molar-refractivity contribution in [3.63, 3.8) is 0 Å². The van der Waals surface area contributed by atoms with Gasteiger partial charge in [-0.2, -0.15) is 9.78 Å². The highest BCUT2D eigenvalue weighted by Gasteiger charge is 2.26. The van der Waals surface area contributed by atoms with Crippen molar-refractivity contribution in [2.75, 3.05) is 11.9 Å². The van der Waals surface area contributed by atoms with Crippen molar-refractivity contribution >= 4 is 17.7 Å². The van der Waals surface area contributed by atoms with E-state index in [1.807, 2.05) is 50.2 Å². The largest absolute Gasteiger partial charge is 0.462 e. The summed E-state index contributed by atoms with van der Waals surface area (Å²) in [5.74, 6) is -0.294. The van der Waals surface area contributed by atoms with Crippen LogP contribution in [0.25, 0.3) is 5.95 Å². The molecule has 156 valence electrons. The maximum Gasteiger partial charge on any atom is 0.343 e. The molecule has 0 fully saturated rings. The fourth-order valence-corrected chi connectivity index (χ4v) is 3.13. The summed E-state index contributed by atoms with van der Waals surface area (Å²) in [6.07, 6.45) is 0.832. The summed E-state index contributed by atoms with van der Waals surface area (Å²) in [6, 6.07) is 11.6. The summed E-state index contributed by atoms with van der Waals surface area (Å²) in [5.41, 5.74) is 3.19. The lowest BCUT2D eigenvalue weighted by Gasteiger charge is -2.11. The molecule has 1 amide bonds. The molecule has 3 aromatic rings. The topological polar surface area (TPSA) is 99.0 Å². The third-order valence-corrected chi connectivity index (χ3v) is 4.44. The van der Waals surface area contributed by atoms with Crippen LogP contribution < -0.4 is 5.32 Å². The number of carbonyl (C=O) groups excluding carboxylic acids is 2. The second-order valence-electron chi connectivity index (χ2n) is 6.93. The van der Waals surface area contributed by atoms with Crippen LogP contribution in [0.3, 0.4) is 0 Å². The standard InChI is InChI=1S/C22H25N5O3/c1-5-30-21(29)19-16(4)26-27(22-23-14(2)13-15(3)24-22)20(19)25-18(28)12-11-17-9-7-6-8-10-17/h6-10,13H,5,11-12H2,1-4H3,(H,25,28). The van der Waals surface area contributed by atoms with Crippen molar-refractivity contribution in [2.45, 2.75) is 40.5 Å². The van der Waals surface area contributed by atoms with Gasteiger partial charge in [0.15, 0.2) is 5.82 Å². The van der Waals surface area contributed by atoms with Gasteiger partial charge in [-0.1, -0.05) is 30.3 Å². The van der Waals surface area contributed by atoms with Gasteiger partial charge in [0.25, 0.3) is 5.95 Å². The Labute approximate surface area is 175 Å². The van der Waals surface area contributed by atoms with Crippen LogP contribution in [0.15, 0.2) is 36.4 Å². The second kappa shape index (κ2) is 9.30. The number of ether oxygens (including phenoxy) is 1. The maximum atomic E-state index is 12.7. The van der Waals surface area contributed by atoms with Crippen LogP contribution in [0, 0.1) is 20.8 Å². The minimum absolute atomic E-state index is 0.202. The van der Waals surface area contributed by atoms with Gasteiger partial charge in [-0.05, 0) is 45.7 Å². The van der Waals surface area contributed by atoms with E-state index >= 15 is 0 Å². The Morgan fingerprint density at radius 1 is 1.07 bits per heavy atom. The smallest absolute Gasteiger partial charge is 0.343 e. The molecule has 8 nitrogen and oxygen atoms in total. The number of carbonyl (C=O) groups is 2. The third-order valence-electron chi connectivity index (χ3n) is 4.44. The van der Waals surface area contributed by atoms with Crippen molar-refractivity contribution in [1.29, 1.82) is 0 Å². The minimum atomic E-state index is -0.552. The first-order valence-corrected chi connectivity index (χ1v) is 9.82. The molecule has 0 atom stereocenters. The van der Waals surface area contributed by atoms with Gasteiger partial charge in [-0.3, -0.25) is 4.79 Å². The van der Waals surface area contributed by atoms with Crippen molar-refractivity contribution in [3.8, 4) is 5.95 Å². The summed E-state index contributed by atoms with van der Waals surface area (Å²) >= 11 is 0. The lowest BCUT2D eigenvalue weighted by atomic mass is 10.1. The Morgan fingerprint density at radius 3 is 2.37 bits per heavy atom. The normalized spacial score (nSPS) is 10.7. The first kappa shape index (κ1) is 21.2. The Balaban J connectivity index is 1.95. The van der Waals surface area contributed by atoms with E-state index in [4.69, 9.17) is 4.74 Å². The molecule has 1 N–H and O–H groups in total. The highest BCUT2D eigenvalue weighted by Crippen LogP contribution is 2.24. The molecule has 3 rings (SSSR count). The highest BCUT2D eigenvalue weighted by molar-refractivity contribution is 6.01. The highest BCUT2D eigenvalue weighted by atomic mass is 16.5. The van der Waals surface area contributed by atoms with Crippen molar-refractivity contribution in [2.24, 2.45) is 0 Å². The number of amides is 1. The summed E-state index contributed by atoms with van der Waals surface area (Å²) in [4.78, 5) is 34.1. The van der Waals surface area contributed by atoms with Crippen LogP contribution in [0.4, 0.5) is 5.82 Å². The van der Waals surface area contributed by atoms with E-state index < -0.39 is 5.97 Å². The number of hydrogen-bond donors (Lipinski definition) is 1. The number of nitrogens with one attached hydrogen (secondary N) is 1. The fraction of sp³-hybridized carbons (Fsp3) is 0.318. The maximum absolute atomic E-state index is 12.7. The Kier molecular flexibility index (Phi) is 6.56. The fourth-order valence-electron chi connectivity index (χ4n) is 3.13. The van der Waals surface area contributed by atoms with Gasteiger partial charge in [0, 0.05) is 17.8 Å². The van der Waals surface area contributed by atoms with Gasteiger partial charge in [0.05, 0.1) is 12.3 Å². The monoisotopic (exact) mass is 407 g/mol. The molecule has 0 saturated heterocycles. The Hall–Kier alpha value is -3.55. The predicted molar refractivity (Wildman–Crippen MR) is 113 cm³/mol. The molecule has 0 radical (unpaired) electrons. The zero-order valence-electron chi connectivity index (χ0n) is 17.6. The quantitative estimate of drug-likeness (QED) is 0.603. The van der Waals surface area contributed by atoms with E-state index in [9.17, 15) is 9.59 Å². The number of esters is 1. The number of hydrogen-bond acceptors (Lipinski definition) is 6. The summed E-state index contributed by atoms with van der Waals surface area (Å²) in [5, 5.41) is 7.24. The average molecular weight is 407 g/mol. The van der Waals surface area contributed by atoms with Crippen LogP contribution in [0.5, 0.6) is 0 Å². The summed E-state index contributed by atoms with van der Waals surface area (Å²) in [7, 11) is 0. The molecule has 2 heterocycles. The van der Waals surface area contributed by atoms with Crippen LogP contribution >= 0.6 is 0 Å². The van der Waals surface area contributed by atoms with Crippen molar-refractivity contribution < 1.29 is 14.3 Å². The van der Waals surface area contributed by atoms with Gasteiger partial charge in [-0.25, -0.2) is 14.8 Å². The zero-order chi connectivity index (χ0) is 21.7. The predicted octanol–water partition coefficient (Wildman–Crippen LogP) is 3.34. The average Bonchev–Trinajstić information content (AvgIpc) is 3.02. The first-order chi connectivity index (χ1) is 14.4. The first-order valence-electron chi connectivity index (χ1n) is 9.82. The second-order valence-corrected chi connectivity index (χ2v) is 6.93. The molecule has 1 aromatic carbocycles. The molecule has 0 aliphatic heterocycles. The molecular formula is C22H25N5O3. The molecule has 0 spiro atoms. The molecular weight excluding hydrogens is 382 g/mol. The number of rotatable bonds is 7. The zero-order valence-corrected chi connectivity index (χ0v) is 17.6. The van der Waals surface area contributed by atoms with Crippen molar-refractivity contribution in [3.05, 3.63) is 64.6 Å². The molecule has 0 aliphatic carbocycles. The minimum Gasteiger partial charge on any atom is -0.462 e. The molecule has 0 saturated carbocycles. The van der Waals surface area contributed by atoms with Crippen LogP contribution in [0.1, 0.15) is 46.3 Å². The molecule has 0 aliphatic rings. The lowest BCUT2D eigenvalue weighted by molar-refractivity contribution is -0.116. The van der Waals surface area contributed by atoms with Crippen molar-refractivity contribution in [1.82, 2.24) is 19.7 Å². The number of aromatic nitrogens is 4. The number of benzene rings is 1. The van der Waals surface area contributed by atoms with Gasteiger partial charge in [-0.15, -0.1) is 0 Å². The van der Waals surface area contributed by atoms with Crippen LogP contribution in [-0.4, -0.2) is 38.2 Å². The van der Waals surface area contributed by atoms with E-state index in [0.29, 0.717) is 12.1 Å². The lowest BCUT2D eigenvalue weighted by Crippen LogP contribution is -2.19. The van der Waals surface area contributed by atoms with E-state index in [1.54, 1.807) is 13.8 Å². The number of nitrogens with zero attached hydrogens (tertiary/aromatic N) is 4. The van der Waals surface area contributed by atoms with Gasteiger partial charge < -0.3 is 10.1 Å².